The number of aliphatic hydroxyl groups is 1. The Labute approximate surface area is 316 Å². The molecule has 0 amide bonds. The number of β-amino-alcohol motifs (C(OH)–C–C–N with tert-alkyl or cyclic N) is 1. The van der Waals surface area contributed by atoms with E-state index in [-0.39, 0.29) is 41.7 Å². The topological polar surface area (TPSA) is 115 Å². The summed E-state index contributed by atoms with van der Waals surface area (Å²) in [5.41, 5.74) is 2.42. The lowest BCUT2D eigenvalue weighted by Crippen LogP contribution is -2.44. The number of nitrogens with zero attached hydrogens (tertiary/aromatic N) is 4. The lowest BCUT2D eigenvalue weighted by Gasteiger charge is -2.34. The van der Waals surface area contributed by atoms with E-state index >= 15 is 4.39 Å². The van der Waals surface area contributed by atoms with Crippen LogP contribution in [0.1, 0.15) is 89.6 Å². The van der Waals surface area contributed by atoms with Gasteiger partial charge in [0.1, 0.15) is 29.6 Å². The van der Waals surface area contributed by atoms with Crippen LogP contribution in [0, 0.1) is 29.5 Å². The van der Waals surface area contributed by atoms with Crippen LogP contribution < -0.4 is 9.64 Å². The zero-order valence-corrected chi connectivity index (χ0v) is 33.4. The number of anilines is 1. The summed E-state index contributed by atoms with van der Waals surface area (Å²) < 4.78 is 27.3. The Bertz CT molecular complexity index is 1950. The minimum absolute atomic E-state index is 0.0254. The molecule has 4 heterocycles. The summed E-state index contributed by atoms with van der Waals surface area (Å²) in [5, 5.41) is 32.5. The number of rotatable bonds is 5. The van der Waals surface area contributed by atoms with Gasteiger partial charge in [-0.05, 0) is 100 Å². The van der Waals surface area contributed by atoms with Crippen LogP contribution in [-0.4, -0.2) is 94.6 Å². The van der Waals surface area contributed by atoms with Gasteiger partial charge in [-0.2, -0.15) is 9.97 Å². The van der Waals surface area contributed by atoms with Gasteiger partial charge in [-0.3, -0.25) is 10.3 Å². The monoisotopic (exact) mass is 743 g/mol. The van der Waals surface area contributed by atoms with Gasteiger partial charge < -0.3 is 24.6 Å². The molecular formula is C42H55FN5O4P. The second-order valence-corrected chi connectivity index (χ2v) is 15.2. The predicted molar refractivity (Wildman–Crippen MR) is 217 cm³/mol. The molecule has 3 aromatic rings. The normalized spacial score (nSPS) is 21.7. The minimum Gasteiger partial charge on any atom is -0.508 e. The molecule has 3 N–H and O–H groups in total. The summed E-state index contributed by atoms with van der Waals surface area (Å²) in [4.78, 5) is 14.5. The number of fused-ring (bicyclic) bond motifs is 3. The molecule has 53 heavy (non-hydrogen) atoms. The van der Waals surface area contributed by atoms with Crippen molar-refractivity contribution in [1.29, 1.82) is 5.41 Å². The zero-order chi connectivity index (χ0) is 38.7. The van der Waals surface area contributed by atoms with Crippen molar-refractivity contribution in [2.45, 2.75) is 78.4 Å². The summed E-state index contributed by atoms with van der Waals surface area (Å²) in [6.45, 7) is 17.8. The van der Waals surface area contributed by atoms with E-state index in [1.807, 2.05) is 31.5 Å². The zero-order valence-electron chi connectivity index (χ0n) is 32.3. The Morgan fingerprint density at radius 3 is 2.47 bits per heavy atom. The summed E-state index contributed by atoms with van der Waals surface area (Å²) in [6.07, 6.45) is 12.1. The maximum absolute atomic E-state index is 15.1. The molecule has 0 radical (unpaired) electrons. The number of allylic oxidation sites excluding steroid dienone is 4. The number of halogens is 1. The van der Waals surface area contributed by atoms with Gasteiger partial charge in [-0.25, -0.2) is 4.39 Å². The van der Waals surface area contributed by atoms with Crippen LogP contribution in [0.4, 0.5) is 10.2 Å². The van der Waals surface area contributed by atoms with Crippen LogP contribution >= 0.6 is 9.24 Å². The third-order valence-electron chi connectivity index (χ3n) is 10.2. The van der Waals surface area contributed by atoms with Crippen molar-refractivity contribution in [2.24, 2.45) is 5.92 Å². The number of phenols is 1. The average Bonchev–Trinajstić information content (AvgIpc) is 3.64. The molecular weight excluding hydrogens is 688 g/mol. The van der Waals surface area contributed by atoms with E-state index in [0.29, 0.717) is 69.9 Å². The smallest absolute Gasteiger partial charge is 0.319 e. The van der Waals surface area contributed by atoms with Crippen molar-refractivity contribution >= 4 is 48.3 Å². The van der Waals surface area contributed by atoms with E-state index in [1.165, 1.54) is 12.1 Å². The number of ether oxygens (including phenoxy) is 2. The third kappa shape index (κ3) is 8.15. The molecule has 1 aromatic heterocycles. The fourth-order valence-corrected chi connectivity index (χ4v) is 8.04. The van der Waals surface area contributed by atoms with Crippen LogP contribution in [0.3, 0.4) is 0 Å². The first-order valence-corrected chi connectivity index (χ1v) is 19.8. The highest BCUT2D eigenvalue weighted by Gasteiger charge is 2.45. The fraction of sp³-hybridized carbons (Fsp3) is 0.500. The molecule has 0 spiro atoms. The van der Waals surface area contributed by atoms with Gasteiger partial charge in [0.25, 0.3) is 0 Å². The fourth-order valence-electron chi connectivity index (χ4n) is 8.04. The molecule has 2 unspecified atom stereocenters. The minimum atomic E-state index is -1.13. The number of nitrogens with one attached hydrogen (secondary N) is 1. The highest BCUT2D eigenvalue weighted by molar-refractivity contribution is 7.15. The van der Waals surface area contributed by atoms with Gasteiger partial charge in [0, 0.05) is 23.1 Å². The molecule has 3 aliphatic heterocycles. The van der Waals surface area contributed by atoms with Gasteiger partial charge in [0.15, 0.2) is 0 Å². The molecule has 3 saturated heterocycles. The number of hydrogen-bond acceptors (Lipinski definition) is 9. The Morgan fingerprint density at radius 1 is 1.15 bits per heavy atom. The maximum Gasteiger partial charge on any atom is 0.319 e. The lowest BCUT2D eigenvalue weighted by molar-refractivity contribution is -0.0123. The number of aromatic hydroxyl groups is 1. The number of phenolic OH excluding ortho intramolecular Hbond substituents is 1. The molecule has 1 aliphatic carbocycles. The highest BCUT2D eigenvalue weighted by Crippen LogP contribution is 2.47. The molecule has 4 aliphatic rings. The van der Waals surface area contributed by atoms with Crippen LogP contribution in [-0.2, 0) is 4.74 Å². The summed E-state index contributed by atoms with van der Waals surface area (Å²) in [6, 6.07) is 6.16. The van der Waals surface area contributed by atoms with Crippen molar-refractivity contribution in [3.05, 3.63) is 58.5 Å². The first-order valence-electron chi connectivity index (χ1n) is 18.6. The Kier molecular flexibility index (Phi) is 12.7. The maximum atomic E-state index is 15.1. The molecule has 9 nitrogen and oxygen atoms in total. The summed E-state index contributed by atoms with van der Waals surface area (Å²) in [5.74, 6) is 3.29. The Balaban J connectivity index is 0.000000847. The van der Waals surface area contributed by atoms with E-state index < -0.39 is 11.4 Å². The number of hydrogen-bond donors (Lipinski definition) is 3. The van der Waals surface area contributed by atoms with Crippen LogP contribution in [0.2, 0.25) is 0 Å². The molecule has 3 fully saturated rings. The second kappa shape index (κ2) is 16.7. The van der Waals surface area contributed by atoms with Crippen molar-refractivity contribution in [3.63, 3.8) is 0 Å². The van der Waals surface area contributed by atoms with Crippen molar-refractivity contribution in [1.82, 2.24) is 14.9 Å². The van der Waals surface area contributed by atoms with E-state index in [2.05, 4.69) is 40.8 Å². The van der Waals surface area contributed by atoms with E-state index in [1.54, 1.807) is 19.1 Å². The van der Waals surface area contributed by atoms with Gasteiger partial charge in [0.2, 0.25) is 0 Å². The molecule has 0 saturated carbocycles. The van der Waals surface area contributed by atoms with E-state index in [9.17, 15) is 15.6 Å². The largest absolute Gasteiger partial charge is 0.508 e. The van der Waals surface area contributed by atoms with Crippen LogP contribution in [0.25, 0.3) is 27.5 Å². The van der Waals surface area contributed by atoms with Gasteiger partial charge in [-0.15, -0.1) is 15.7 Å². The average molecular weight is 744 g/mol. The van der Waals surface area contributed by atoms with E-state index in [0.717, 1.165) is 44.7 Å². The quantitative estimate of drug-likeness (QED) is 0.181. The lowest BCUT2D eigenvalue weighted by atomic mass is 9.79. The standard InChI is InChI=1S/C37H40FN5O4.C4H10.CH5P/c1-5-25-28(38)10-9-23-17-24(44)18-27(30(23)25)29-22(3)33-31(26(6-2)32(29)39)34(42-15-16-46-20-36(4,45)19-42)41-35(40-33)47-21-37-11-7-13-43(37)14-8-12-37;1-4(2)3;1-2/h1,6,9-10,17-18,39,44-45H,7-8,11-16,19-21H2,2-4H3;4H,1-3H3;2H2,1H3/b26-6-,39-32?;;. The number of terminal acetylenes is 1. The third-order valence-corrected chi connectivity index (χ3v) is 10.2. The molecule has 2 atom stereocenters. The molecule has 11 heteroatoms. The number of benzene rings is 2. The van der Waals surface area contributed by atoms with Crippen LogP contribution in [0.15, 0.2) is 30.3 Å². The first-order chi connectivity index (χ1) is 25.3. The molecule has 0 bridgehead atoms. The van der Waals surface area contributed by atoms with E-state index in [4.69, 9.17) is 25.9 Å². The highest BCUT2D eigenvalue weighted by atomic mass is 31.0. The number of aromatic nitrogens is 2. The van der Waals surface area contributed by atoms with Gasteiger partial charge in [0.05, 0.1) is 47.8 Å². The summed E-state index contributed by atoms with van der Waals surface area (Å²) >= 11 is 0. The first kappa shape index (κ1) is 40.3. The van der Waals surface area contributed by atoms with Gasteiger partial charge >= 0.3 is 6.01 Å². The summed E-state index contributed by atoms with van der Waals surface area (Å²) in [7, 11) is 2.42. The SMILES string of the molecule is C#Cc1c(F)ccc2cc(O)cc(C3=C(C)c4nc(OCC56CCCN5CCC6)nc(N5CCOCC(C)(O)C5)c4/C(=C/C)C3=N)c12.CC(C)C.CP. The Hall–Kier alpha value is -3.87. The molecule has 284 valence electrons. The van der Waals surface area contributed by atoms with Crippen molar-refractivity contribution in [2.75, 3.05) is 57.6 Å². The van der Waals surface area contributed by atoms with Crippen molar-refractivity contribution in [3.8, 4) is 24.1 Å². The molecule has 2 aromatic carbocycles. The van der Waals surface area contributed by atoms with Gasteiger partial charge in [-0.1, -0.05) is 45.5 Å². The second-order valence-electron chi connectivity index (χ2n) is 15.2. The van der Waals surface area contributed by atoms with Crippen molar-refractivity contribution < 1.29 is 24.1 Å². The van der Waals surface area contributed by atoms with Crippen LogP contribution in [0.5, 0.6) is 11.8 Å². The molecule has 7 rings (SSSR count). The Morgan fingerprint density at radius 2 is 1.83 bits per heavy atom. The predicted octanol–water partition coefficient (Wildman–Crippen LogP) is 7.57.